The summed E-state index contributed by atoms with van der Waals surface area (Å²) in [5.74, 6) is -0.507. The van der Waals surface area contributed by atoms with Gasteiger partial charge in [0.05, 0.1) is 17.1 Å². The molecule has 1 atom stereocenters. The van der Waals surface area contributed by atoms with Crippen molar-refractivity contribution in [2.45, 2.75) is 38.7 Å². The van der Waals surface area contributed by atoms with Gasteiger partial charge in [0.1, 0.15) is 0 Å². The molecule has 1 saturated carbocycles. The third-order valence-corrected chi connectivity index (χ3v) is 3.29. The lowest BCUT2D eigenvalue weighted by molar-refractivity contribution is -0.113. The molecule has 0 aromatic heterocycles. The molecule has 3 N–H and O–H groups in total. The van der Waals surface area contributed by atoms with Crippen molar-refractivity contribution in [2.75, 3.05) is 0 Å². The highest BCUT2D eigenvalue weighted by Gasteiger charge is 2.55. The van der Waals surface area contributed by atoms with Gasteiger partial charge in [-0.1, -0.05) is 19.1 Å². The van der Waals surface area contributed by atoms with Gasteiger partial charge in [-0.15, -0.1) is 0 Å². The second kappa shape index (κ2) is 4.72. The molecule has 0 heterocycles. The van der Waals surface area contributed by atoms with Crippen molar-refractivity contribution in [1.29, 1.82) is 5.26 Å². The topological polar surface area (TPSA) is 87.1 Å². The van der Waals surface area contributed by atoms with Crippen molar-refractivity contribution >= 4 is 5.91 Å². The van der Waals surface area contributed by atoms with Crippen LogP contribution in [0.3, 0.4) is 0 Å². The first kappa shape index (κ1) is 13.5. The van der Waals surface area contributed by atoms with Crippen LogP contribution in [-0.4, -0.2) is 16.6 Å². The Bertz CT molecular complexity index is 410. The van der Waals surface area contributed by atoms with Gasteiger partial charge in [0.2, 0.25) is 5.91 Å². The van der Waals surface area contributed by atoms with Crippen LogP contribution in [0.5, 0.6) is 0 Å². The third kappa shape index (κ3) is 2.95. The molecule has 0 aromatic rings. The number of nitrogens with zero attached hydrogens (tertiary/aromatic N) is 1. The van der Waals surface area contributed by atoms with Gasteiger partial charge in [0.25, 0.3) is 0 Å². The molecule has 0 bridgehead atoms. The average Bonchev–Trinajstić information content (AvgIpc) is 3.04. The molecule has 1 aliphatic carbocycles. The third-order valence-electron chi connectivity index (χ3n) is 3.29. The number of allylic oxidation sites excluding steroid dienone is 2. The molecule has 0 radical (unpaired) electrons. The van der Waals surface area contributed by atoms with Crippen LogP contribution in [0.4, 0.5) is 0 Å². The van der Waals surface area contributed by atoms with Gasteiger partial charge in [-0.3, -0.25) is 4.79 Å². The van der Waals surface area contributed by atoms with Crippen molar-refractivity contribution in [2.24, 2.45) is 11.1 Å². The number of rotatable bonds is 5. The predicted octanol–water partition coefficient (Wildman–Crippen LogP) is 1.42. The fourth-order valence-electron chi connectivity index (χ4n) is 1.74. The van der Waals surface area contributed by atoms with E-state index in [1.165, 1.54) is 6.08 Å². The second-order valence-electron chi connectivity index (χ2n) is 4.65. The van der Waals surface area contributed by atoms with Crippen LogP contribution < -0.4 is 5.73 Å². The van der Waals surface area contributed by atoms with E-state index in [2.05, 4.69) is 6.07 Å². The lowest BCUT2D eigenvalue weighted by atomic mass is 9.86. The van der Waals surface area contributed by atoms with Gasteiger partial charge in [-0.05, 0) is 31.8 Å². The van der Waals surface area contributed by atoms with Crippen LogP contribution in [0.15, 0.2) is 23.8 Å². The van der Waals surface area contributed by atoms with E-state index in [4.69, 9.17) is 11.0 Å². The summed E-state index contributed by atoms with van der Waals surface area (Å²) < 4.78 is 0. The maximum atomic E-state index is 10.8. The molecule has 1 fully saturated rings. The Morgan fingerprint density at radius 1 is 1.65 bits per heavy atom. The summed E-state index contributed by atoms with van der Waals surface area (Å²) >= 11 is 0. The van der Waals surface area contributed by atoms with Crippen molar-refractivity contribution in [3.8, 4) is 6.07 Å². The molecule has 1 aliphatic rings. The fraction of sp³-hybridized carbons (Fsp3) is 0.538. The van der Waals surface area contributed by atoms with Crippen molar-refractivity contribution < 1.29 is 9.90 Å². The zero-order valence-corrected chi connectivity index (χ0v) is 10.2. The summed E-state index contributed by atoms with van der Waals surface area (Å²) in [5, 5.41) is 19.3. The molecular weight excluding hydrogens is 216 g/mol. The summed E-state index contributed by atoms with van der Waals surface area (Å²) in [6.45, 7) is 3.52. The Labute approximate surface area is 101 Å². The smallest absolute Gasteiger partial charge is 0.241 e. The minimum atomic E-state index is -1.16. The van der Waals surface area contributed by atoms with Crippen LogP contribution in [0.1, 0.15) is 33.1 Å². The van der Waals surface area contributed by atoms with Gasteiger partial charge in [0.15, 0.2) is 0 Å². The molecule has 4 nitrogen and oxygen atoms in total. The molecule has 4 heteroatoms. The van der Waals surface area contributed by atoms with Crippen molar-refractivity contribution in [3.05, 3.63) is 23.8 Å². The number of carbonyl (C=O) groups is 1. The number of amides is 1. The highest BCUT2D eigenvalue weighted by atomic mass is 16.3. The van der Waals surface area contributed by atoms with Crippen LogP contribution in [0.2, 0.25) is 0 Å². The largest absolute Gasteiger partial charge is 0.384 e. The second-order valence-corrected chi connectivity index (χ2v) is 4.65. The van der Waals surface area contributed by atoms with E-state index < -0.39 is 16.9 Å². The highest BCUT2D eigenvalue weighted by molar-refractivity contribution is 5.87. The molecule has 0 aliphatic heterocycles. The van der Waals surface area contributed by atoms with Crippen molar-refractivity contribution in [1.82, 2.24) is 0 Å². The first-order valence-corrected chi connectivity index (χ1v) is 5.70. The van der Waals surface area contributed by atoms with E-state index in [0.29, 0.717) is 19.3 Å². The predicted molar refractivity (Wildman–Crippen MR) is 64.6 cm³/mol. The Hall–Kier alpha value is -1.60. The molecule has 17 heavy (non-hydrogen) atoms. The molecule has 0 unspecified atom stereocenters. The molecule has 0 aromatic carbocycles. The molecule has 92 valence electrons. The quantitative estimate of drug-likeness (QED) is 0.557. The van der Waals surface area contributed by atoms with E-state index in [-0.39, 0.29) is 0 Å². The standard InChI is InChI=1S/C13H18N2O2/c1-3-10(8-11(15)16)4-5-12(2,17)13(9-14)6-7-13/h4-5,8,17H,3,6-7H2,1-2H3,(H2,15,16)/b5-4+,10-8+/t12-/m0/s1. The molecule has 0 saturated heterocycles. The summed E-state index contributed by atoms with van der Waals surface area (Å²) in [4.78, 5) is 10.8. The minimum Gasteiger partial charge on any atom is -0.384 e. The number of hydrogen-bond acceptors (Lipinski definition) is 3. The van der Waals surface area contributed by atoms with Crippen LogP contribution in [0.25, 0.3) is 0 Å². The number of nitriles is 1. The molecule has 1 rings (SSSR count). The monoisotopic (exact) mass is 234 g/mol. The summed E-state index contributed by atoms with van der Waals surface area (Å²) in [6, 6.07) is 2.16. The summed E-state index contributed by atoms with van der Waals surface area (Å²) in [6.07, 6.45) is 6.65. The maximum Gasteiger partial charge on any atom is 0.241 e. The highest BCUT2D eigenvalue weighted by Crippen LogP contribution is 2.54. The molecular formula is C13H18N2O2. The van der Waals surface area contributed by atoms with Gasteiger partial charge >= 0.3 is 0 Å². The molecule has 1 amide bonds. The Morgan fingerprint density at radius 3 is 2.59 bits per heavy atom. The first-order valence-electron chi connectivity index (χ1n) is 5.70. The lowest BCUT2D eigenvalue weighted by Gasteiger charge is -2.24. The SMILES string of the molecule is CCC(/C=C/[C@](C)(O)C1(C#N)CC1)=C\C(N)=O. The van der Waals surface area contributed by atoms with E-state index >= 15 is 0 Å². The summed E-state index contributed by atoms with van der Waals surface area (Å²) in [7, 11) is 0. The van der Waals surface area contributed by atoms with Gasteiger partial charge in [0, 0.05) is 6.08 Å². The van der Waals surface area contributed by atoms with Gasteiger partial charge in [-0.25, -0.2) is 0 Å². The Balaban J connectivity index is 2.83. The van der Waals surface area contributed by atoms with Crippen LogP contribution >= 0.6 is 0 Å². The first-order chi connectivity index (χ1) is 7.87. The van der Waals surface area contributed by atoms with E-state index in [1.807, 2.05) is 6.92 Å². The summed E-state index contributed by atoms with van der Waals surface area (Å²) in [5.41, 5.74) is 3.99. The molecule has 0 spiro atoms. The number of hydrogen-bond donors (Lipinski definition) is 2. The van der Waals surface area contributed by atoms with E-state index in [0.717, 1.165) is 5.57 Å². The maximum absolute atomic E-state index is 10.8. The van der Waals surface area contributed by atoms with Gasteiger partial charge < -0.3 is 10.8 Å². The minimum absolute atomic E-state index is 0.507. The fourth-order valence-corrected chi connectivity index (χ4v) is 1.74. The number of carbonyl (C=O) groups excluding carboxylic acids is 1. The van der Waals surface area contributed by atoms with E-state index in [9.17, 15) is 9.90 Å². The zero-order chi connectivity index (χ0) is 13.1. The normalized spacial score (nSPS) is 21.9. The number of nitrogens with two attached hydrogens (primary N) is 1. The van der Waals surface area contributed by atoms with Gasteiger partial charge in [-0.2, -0.15) is 5.26 Å². The van der Waals surface area contributed by atoms with Crippen LogP contribution in [0, 0.1) is 16.7 Å². The van der Waals surface area contributed by atoms with E-state index in [1.54, 1.807) is 19.1 Å². The Morgan fingerprint density at radius 2 is 2.24 bits per heavy atom. The average molecular weight is 234 g/mol. The zero-order valence-electron chi connectivity index (χ0n) is 10.2. The number of aliphatic hydroxyl groups is 1. The number of primary amides is 1. The lowest BCUT2D eigenvalue weighted by Crippen LogP contribution is -2.32. The Kier molecular flexibility index (Phi) is 3.74. The van der Waals surface area contributed by atoms with Crippen LogP contribution in [-0.2, 0) is 4.79 Å². The van der Waals surface area contributed by atoms with Crippen molar-refractivity contribution in [3.63, 3.8) is 0 Å².